The van der Waals surface area contributed by atoms with E-state index in [0.29, 0.717) is 12.2 Å². The first kappa shape index (κ1) is 25.1. The highest BCUT2D eigenvalue weighted by molar-refractivity contribution is 7.86. The van der Waals surface area contributed by atoms with E-state index in [1.165, 1.54) is 12.1 Å². The fourth-order valence-electron chi connectivity index (χ4n) is 4.54. The third-order valence-electron chi connectivity index (χ3n) is 6.28. The molecule has 5 rings (SSSR count). The molecule has 0 saturated carbocycles. The number of aryl methyl sites for hydroxylation is 1. The predicted octanol–water partition coefficient (Wildman–Crippen LogP) is 4.90. The summed E-state index contributed by atoms with van der Waals surface area (Å²) in [5, 5.41) is 0. The Morgan fingerprint density at radius 3 is 2.19 bits per heavy atom. The van der Waals surface area contributed by atoms with Gasteiger partial charge >= 0.3 is 0 Å². The van der Waals surface area contributed by atoms with Crippen molar-refractivity contribution in [1.82, 2.24) is 0 Å². The van der Waals surface area contributed by atoms with E-state index < -0.39 is 46.6 Å². The molecule has 8 heteroatoms. The first-order valence-corrected chi connectivity index (χ1v) is 13.3. The number of hydrogen-bond acceptors (Lipinski definition) is 7. The highest BCUT2D eigenvalue weighted by atomic mass is 32.2. The second-order valence-corrected chi connectivity index (χ2v) is 11.1. The van der Waals surface area contributed by atoms with Gasteiger partial charge in [0.05, 0.1) is 11.5 Å². The zero-order chi connectivity index (χ0) is 25.3. The van der Waals surface area contributed by atoms with Gasteiger partial charge < -0.3 is 18.9 Å². The van der Waals surface area contributed by atoms with E-state index in [1.54, 1.807) is 12.1 Å². The molecular formula is C28H30O7S. The molecule has 3 aromatic carbocycles. The van der Waals surface area contributed by atoms with Crippen molar-refractivity contribution < 1.29 is 31.5 Å². The molecule has 0 N–H and O–H groups in total. The smallest absolute Gasteiger partial charge is 0.297 e. The number of rotatable bonds is 8. The van der Waals surface area contributed by atoms with E-state index in [1.807, 2.05) is 81.4 Å². The first-order valence-electron chi connectivity index (χ1n) is 11.9. The molecule has 0 unspecified atom stereocenters. The van der Waals surface area contributed by atoms with E-state index in [2.05, 4.69) is 0 Å². The van der Waals surface area contributed by atoms with Crippen LogP contribution in [0.15, 0.2) is 89.8 Å². The maximum absolute atomic E-state index is 13.3. The Hall–Kier alpha value is -2.59. The van der Waals surface area contributed by atoms with Crippen LogP contribution in [0.4, 0.5) is 0 Å². The van der Waals surface area contributed by atoms with Gasteiger partial charge in [0.15, 0.2) is 12.1 Å². The topological polar surface area (TPSA) is 80.3 Å². The van der Waals surface area contributed by atoms with Gasteiger partial charge in [0.25, 0.3) is 10.1 Å². The Kier molecular flexibility index (Phi) is 7.00. The number of fused-ring (bicyclic) bond motifs is 1. The minimum Gasteiger partial charge on any atom is -0.368 e. The molecule has 2 heterocycles. The SMILES string of the molecule is Cc1ccc(S(=O)(=O)O[C@@H](c2ccccc2)[C@H]2O[C@@H]3OC(C)(C)O[C@@H]3[C@H]2OCc2ccccc2)cc1. The quantitative estimate of drug-likeness (QED) is 0.399. The van der Waals surface area contributed by atoms with E-state index in [4.69, 9.17) is 23.1 Å². The molecule has 2 aliphatic rings. The second-order valence-electron chi connectivity index (χ2n) is 9.53. The van der Waals surface area contributed by atoms with E-state index >= 15 is 0 Å². The van der Waals surface area contributed by atoms with Gasteiger partial charge in [-0.05, 0) is 44.0 Å². The summed E-state index contributed by atoms with van der Waals surface area (Å²) in [6.45, 7) is 5.81. The molecule has 0 aliphatic carbocycles. The summed E-state index contributed by atoms with van der Waals surface area (Å²) in [4.78, 5) is 0.0719. The zero-order valence-electron chi connectivity index (χ0n) is 20.4. The van der Waals surface area contributed by atoms with Crippen LogP contribution >= 0.6 is 0 Å². The van der Waals surface area contributed by atoms with Crippen LogP contribution in [0.2, 0.25) is 0 Å². The van der Waals surface area contributed by atoms with Crippen LogP contribution in [0.3, 0.4) is 0 Å². The Labute approximate surface area is 212 Å². The minimum absolute atomic E-state index is 0.0719. The summed E-state index contributed by atoms with van der Waals surface area (Å²) >= 11 is 0. The lowest BCUT2D eigenvalue weighted by atomic mass is 9.99. The molecule has 2 aliphatic heterocycles. The monoisotopic (exact) mass is 510 g/mol. The standard InChI is InChI=1S/C28H30O7S/c1-19-14-16-22(17-15-19)36(29,30)35-23(21-12-8-5-9-13-21)25-24(31-18-20-10-6-4-7-11-20)26-27(32-25)34-28(2,3)33-26/h4-17,23-27H,18H2,1-3H3/t23-,24-,25+,26+,27+/m0/s1. The van der Waals surface area contributed by atoms with Crippen molar-refractivity contribution in [3.8, 4) is 0 Å². The molecule has 0 radical (unpaired) electrons. The molecular weight excluding hydrogens is 480 g/mol. The Morgan fingerprint density at radius 2 is 1.53 bits per heavy atom. The molecule has 0 aromatic heterocycles. The molecule has 36 heavy (non-hydrogen) atoms. The van der Waals surface area contributed by atoms with Gasteiger partial charge in [0, 0.05) is 0 Å². The van der Waals surface area contributed by atoms with Crippen LogP contribution < -0.4 is 0 Å². The second kappa shape index (κ2) is 10.0. The molecule has 7 nitrogen and oxygen atoms in total. The van der Waals surface area contributed by atoms with Crippen molar-refractivity contribution in [3.63, 3.8) is 0 Å². The fourth-order valence-corrected chi connectivity index (χ4v) is 5.62. The van der Waals surface area contributed by atoms with E-state index in [-0.39, 0.29) is 4.90 Å². The van der Waals surface area contributed by atoms with Crippen LogP contribution in [-0.4, -0.2) is 38.8 Å². The van der Waals surface area contributed by atoms with Gasteiger partial charge in [0.1, 0.15) is 24.4 Å². The van der Waals surface area contributed by atoms with Crippen molar-refractivity contribution in [2.45, 2.75) is 68.8 Å². The lowest BCUT2D eigenvalue weighted by Crippen LogP contribution is -2.40. The third kappa shape index (κ3) is 5.39. The minimum atomic E-state index is -4.12. The van der Waals surface area contributed by atoms with Gasteiger partial charge in [-0.3, -0.25) is 4.18 Å². The molecule has 2 saturated heterocycles. The Morgan fingerprint density at radius 1 is 0.889 bits per heavy atom. The van der Waals surface area contributed by atoms with Crippen LogP contribution in [-0.2, 0) is 39.9 Å². The van der Waals surface area contributed by atoms with Crippen LogP contribution in [0.1, 0.15) is 36.6 Å². The summed E-state index contributed by atoms with van der Waals surface area (Å²) in [7, 11) is -4.12. The van der Waals surface area contributed by atoms with E-state index in [9.17, 15) is 8.42 Å². The summed E-state index contributed by atoms with van der Waals surface area (Å²) in [6, 6.07) is 25.4. The summed E-state index contributed by atoms with van der Waals surface area (Å²) < 4.78 is 57.3. The van der Waals surface area contributed by atoms with Crippen molar-refractivity contribution in [1.29, 1.82) is 0 Å². The summed E-state index contributed by atoms with van der Waals surface area (Å²) in [5.41, 5.74) is 2.57. The highest BCUT2D eigenvalue weighted by Crippen LogP contribution is 2.44. The summed E-state index contributed by atoms with van der Waals surface area (Å²) in [6.07, 6.45) is -3.70. The molecule has 190 valence electrons. The molecule has 0 amide bonds. The highest BCUT2D eigenvalue weighted by Gasteiger charge is 2.58. The fraction of sp³-hybridized carbons (Fsp3) is 0.357. The first-order chi connectivity index (χ1) is 17.2. The summed E-state index contributed by atoms with van der Waals surface area (Å²) in [5.74, 6) is -0.855. The number of ether oxygens (including phenoxy) is 4. The molecule has 2 fully saturated rings. The molecule has 0 spiro atoms. The van der Waals surface area contributed by atoms with Crippen molar-refractivity contribution in [2.24, 2.45) is 0 Å². The number of benzene rings is 3. The van der Waals surface area contributed by atoms with Crippen molar-refractivity contribution in [3.05, 3.63) is 102 Å². The van der Waals surface area contributed by atoms with Crippen molar-refractivity contribution >= 4 is 10.1 Å². The lowest BCUT2D eigenvalue weighted by Gasteiger charge is -2.31. The predicted molar refractivity (Wildman–Crippen MR) is 132 cm³/mol. The van der Waals surface area contributed by atoms with Gasteiger partial charge in [-0.2, -0.15) is 8.42 Å². The van der Waals surface area contributed by atoms with Crippen molar-refractivity contribution in [2.75, 3.05) is 0 Å². The van der Waals surface area contributed by atoms with Gasteiger partial charge in [0.2, 0.25) is 0 Å². The normalized spacial score (nSPS) is 26.0. The average molecular weight is 511 g/mol. The van der Waals surface area contributed by atoms with Gasteiger partial charge in [-0.25, -0.2) is 0 Å². The maximum atomic E-state index is 13.3. The largest absolute Gasteiger partial charge is 0.368 e. The zero-order valence-corrected chi connectivity index (χ0v) is 21.3. The Bertz CT molecular complexity index is 1260. The third-order valence-corrected chi connectivity index (χ3v) is 7.59. The molecule has 0 bridgehead atoms. The molecule has 5 atom stereocenters. The number of hydrogen-bond donors (Lipinski definition) is 0. The van der Waals surface area contributed by atoms with E-state index in [0.717, 1.165) is 11.1 Å². The van der Waals surface area contributed by atoms with Gasteiger partial charge in [-0.1, -0.05) is 78.4 Å². The average Bonchev–Trinajstić information content (AvgIpc) is 3.34. The lowest BCUT2D eigenvalue weighted by molar-refractivity contribution is -0.229. The van der Waals surface area contributed by atoms with Crippen LogP contribution in [0.25, 0.3) is 0 Å². The van der Waals surface area contributed by atoms with Crippen LogP contribution in [0, 0.1) is 6.92 Å². The van der Waals surface area contributed by atoms with Gasteiger partial charge in [-0.15, -0.1) is 0 Å². The van der Waals surface area contributed by atoms with Crippen LogP contribution in [0.5, 0.6) is 0 Å². The maximum Gasteiger partial charge on any atom is 0.297 e. The Balaban J connectivity index is 1.48. The molecule has 3 aromatic rings.